The number of pyridine rings is 1. The molecule has 1 heterocycles. The fourth-order valence-corrected chi connectivity index (χ4v) is 1.15. The Bertz CT molecular complexity index is 320. The third-order valence-electron chi connectivity index (χ3n) is 2.00. The van der Waals surface area contributed by atoms with E-state index in [-0.39, 0.29) is 18.9 Å². The molecule has 1 rings (SSSR count). The number of aromatic nitrogens is 1. The van der Waals surface area contributed by atoms with Crippen LogP contribution in [0.15, 0.2) is 18.3 Å². The van der Waals surface area contributed by atoms with Gasteiger partial charge in [0, 0.05) is 5.69 Å². The Hall–Kier alpha value is -1.42. The van der Waals surface area contributed by atoms with Gasteiger partial charge in [0.05, 0.1) is 24.9 Å². The zero-order chi connectivity index (χ0) is 11.3. The summed E-state index contributed by atoms with van der Waals surface area (Å²) in [4.78, 5) is 15.3. The largest absolute Gasteiger partial charge is 0.396 e. The van der Waals surface area contributed by atoms with Crippen molar-refractivity contribution in [1.82, 2.24) is 4.98 Å². The Morgan fingerprint density at radius 1 is 1.53 bits per heavy atom. The average Bonchev–Trinajstić information content (AvgIpc) is 2.18. The van der Waals surface area contributed by atoms with Gasteiger partial charge in [0.2, 0.25) is 5.91 Å². The molecule has 2 N–H and O–H groups in total. The van der Waals surface area contributed by atoms with Crippen LogP contribution in [-0.2, 0) is 4.79 Å². The molecule has 1 aromatic heterocycles. The molecular weight excluding hydrogens is 192 g/mol. The van der Waals surface area contributed by atoms with Crippen LogP contribution in [0.25, 0.3) is 0 Å². The highest BCUT2D eigenvalue weighted by molar-refractivity contribution is 5.90. The van der Waals surface area contributed by atoms with Gasteiger partial charge >= 0.3 is 0 Å². The van der Waals surface area contributed by atoms with E-state index in [1.54, 1.807) is 6.20 Å². The smallest absolute Gasteiger partial charge is 0.226 e. The van der Waals surface area contributed by atoms with Gasteiger partial charge < -0.3 is 10.4 Å². The van der Waals surface area contributed by atoms with Crippen molar-refractivity contribution in [1.29, 1.82) is 0 Å². The molecule has 15 heavy (non-hydrogen) atoms. The van der Waals surface area contributed by atoms with E-state index in [9.17, 15) is 4.79 Å². The number of amides is 1. The molecule has 0 saturated carbocycles. The topological polar surface area (TPSA) is 62.2 Å². The molecule has 0 aromatic carbocycles. The summed E-state index contributed by atoms with van der Waals surface area (Å²) in [6.07, 6.45) is 1.75. The standard InChI is InChI=1S/C11H16N2O2/c1-8(2)10-4-3-9(7-12-10)13-11(15)5-6-14/h3-4,7-8,14H,5-6H2,1-2H3,(H,13,15). The lowest BCUT2D eigenvalue weighted by atomic mass is 10.1. The van der Waals surface area contributed by atoms with Crippen molar-refractivity contribution in [3.05, 3.63) is 24.0 Å². The first-order chi connectivity index (χ1) is 7.13. The maximum Gasteiger partial charge on any atom is 0.226 e. The minimum Gasteiger partial charge on any atom is -0.396 e. The fourth-order valence-electron chi connectivity index (χ4n) is 1.15. The minimum absolute atomic E-state index is 0.117. The molecule has 1 aromatic rings. The zero-order valence-corrected chi connectivity index (χ0v) is 9.03. The summed E-state index contributed by atoms with van der Waals surface area (Å²) in [6.45, 7) is 3.99. The Morgan fingerprint density at radius 3 is 2.73 bits per heavy atom. The lowest BCUT2D eigenvalue weighted by Crippen LogP contribution is -2.13. The van der Waals surface area contributed by atoms with Crippen molar-refractivity contribution in [2.24, 2.45) is 0 Å². The van der Waals surface area contributed by atoms with Crippen molar-refractivity contribution in [3.63, 3.8) is 0 Å². The van der Waals surface area contributed by atoms with Crippen LogP contribution < -0.4 is 5.32 Å². The monoisotopic (exact) mass is 208 g/mol. The molecule has 4 heteroatoms. The van der Waals surface area contributed by atoms with Crippen LogP contribution >= 0.6 is 0 Å². The van der Waals surface area contributed by atoms with Crippen LogP contribution in [0.2, 0.25) is 0 Å². The van der Waals surface area contributed by atoms with Gasteiger partial charge in [-0.3, -0.25) is 9.78 Å². The third-order valence-corrected chi connectivity index (χ3v) is 2.00. The van der Waals surface area contributed by atoms with E-state index in [1.807, 2.05) is 12.1 Å². The first-order valence-corrected chi connectivity index (χ1v) is 5.00. The number of nitrogens with one attached hydrogen (secondary N) is 1. The molecule has 0 aliphatic heterocycles. The predicted molar refractivity (Wildman–Crippen MR) is 58.7 cm³/mol. The van der Waals surface area contributed by atoms with E-state index in [0.717, 1.165) is 5.69 Å². The molecule has 0 atom stereocenters. The highest BCUT2D eigenvalue weighted by Crippen LogP contribution is 2.13. The summed E-state index contributed by atoms with van der Waals surface area (Å²) in [5.74, 6) is 0.184. The number of aliphatic hydroxyl groups is 1. The minimum atomic E-state index is -0.198. The predicted octanol–water partition coefficient (Wildman–Crippen LogP) is 1.53. The molecule has 0 saturated heterocycles. The van der Waals surface area contributed by atoms with Gasteiger partial charge in [0.25, 0.3) is 0 Å². The van der Waals surface area contributed by atoms with Gasteiger partial charge in [-0.2, -0.15) is 0 Å². The molecule has 0 fully saturated rings. The van der Waals surface area contributed by atoms with Crippen molar-refractivity contribution < 1.29 is 9.90 Å². The summed E-state index contributed by atoms with van der Waals surface area (Å²) >= 11 is 0. The zero-order valence-electron chi connectivity index (χ0n) is 9.03. The first kappa shape index (κ1) is 11.7. The molecule has 0 aliphatic carbocycles. The normalized spacial score (nSPS) is 10.4. The Labute approximate surface area is 89.3 Å². The second kappa shape index (κ2) is 5.46. The number of nitrogens with zero attached hydrogens (tertiary/aromatic N) is 1. The molecule has 4 nitrogen and oxygen atoms in total. The number of carbonyl (C=O) groups is 1. The van der Waals surface area contributed by atoms with Crippen molar-refractivity contribution in [2.75, 3.05) is 11.9 Å². The van der Waals surface area contributed by atoms with E-state index in [0.29, 0.717) is 11.6 Å². The number of rotatable bonds is 4. The SMILES string of the molecule is CC(C)c1ccc(NC(=O)CCO)cn1. The maximum absolute atomic E-state index is 11.1. The molecule has 0 spiro atoms. The highest BCUT2D eigenvalue weighted by atomic mass is 16.3. The van der Waals surface area contributed by atoms with Crippen LogP contribution in [0.3, 0.4) is 0 Å². The number of hydrogen-bond donors (Lipinski definition) is 2. The van der Waals surface area contributed by atoms with Crippen molar-refractivity contribution in [3.8, 4) is 0 Å². The Morgan fingerprint density at radius 2 is 2.27 bits per heavy atom. The fraction of sp³-hybridized carbons (Fsp3) is 0.455. The second-order valence-electron chi connectivity index (χ2n) is 3.65. The molecule has 0 bridgehead atoms. The highest BCUT2D eigenvalue weighted by Gasteiger charge is 2.03. The summed E-state index contributed by atoms with van der Waals surface area (Å²) in [5.41, 5.74) is 1.66. The first-order valence-electron chi connectivity index (χ1n) is 5.00. The lowest BCUT2D eigenvalue weighted by Gasteiger charge is -2.06. The van der Waals surface area contributed by atoms with Crippen LogP contribution in [0.1, 0.15) is 31.9 Å². The van der Waals surface area contributed by atoms with Crippen LogP contribution in [0, 0.1) is 0 Å². The summed E-state index contributed by atoms with van der Waals surface area (Å²) < 4.78 is 0. The third kappa shape index (κ3) is 3.67. The van der Waals surface area contributed by atoms with E-state index >= 15 is 0 Å². The van der Waals surface area contributed by atoms with E-state index in [4.69, 9.17) is 5.11 Å². The molecule has 0 aliphatic rings. The van der Waals surface area contributed by atoms with Crippen molar-refractivity contribution in [2.45, 2.75) is 26.2 Å². The van der Waals surface area contributed by atoms with Gasteiger partial charge in [0.1, 0.15) is 0 Å². The summed E-state index contributed by atoms with van der Waals surface area (Å²) in [5, 5.41) is 11.2. The molecular formula is C11H16N2O2. The Kier molecular flexibility index (Phi) is 4.24. The van der Waals surface area contributed by atoms with Crippen LogP contribution in [0.5, 0.6) is 0 Å². The number of carbonyl (C=O) groups excluding carboxylic acids is 1. The van der Waals surface area contributed by atoms with Gasteiger partial charge in [-0.15, -0.1) is 0 Å². The van der Waals surface area contributed by atoms with Crippen molar-refractivity contribution >= 4 is 11.6 Å². The van der Waals surface area contributed by atoms with Gasteiger partial charge in [0.15, 0.2) is 0 Å². The average molecular weight is 208 g/mol. The number of aliphatic hydroxyl groups excluding tert-OH is 1. The van der Waals surface area contributed by atoms with Crippen LogP contribution in [0.4, 0.5) is 5.69 Å². The van der Waals surface area contributed by atoms with Crippen LogP contribution in [-0.4, -0.2) is 22.6 Å². The van der Waals surface area contributed by atoms with E-state index in [1.165, 1.54) is 0 Å². The molecule has 1 amide bonds. The van der Waals surface area contributed by atoms with E-state index < -0.39 is 0 Å². The second-order valence-corrected chi connectivity index (χ2v) is 3.65. The molecule has 0 radical (unpaired) electrons. The number of anilines is 1. The van der Waals surface area contributed by atoms with Gasteiger partial charge in [-0.1, -0.05) is 13.8 Å². The Balaban J connectivity index is 2.60. The van der Waals surface area contributed by atoms with E-state index in [2.05, 4.69) is 24.1 Å². The quantitative estimate of drug-likeness (QED) is 0.788. The molecule has 0 unspecified atom stereocenters. The van der Waals surface area contributed by atoms with Gasteiger partial charge in [-0.25, -0.2) is 0 Å². The number of hydrogen-bond acceptors (Lipinski definition) is 3. The van der Waals surface area contributed by atoms with Gasteiger partial charge in [-0.05, 0) is 18.1 Å². The summed E-state index contributed by atoms with van der Waals surface area (Å²) in [6, 6.07) is 3.71. The maximum atomic E-state index is 11.1. The molecule has 82 valence electrons. The summed E-state index contributed by atoms with van der Waals surface area (Å²) in [7, 11) is 0. The lowest BCUT2D eigenvalue weighted by molar-refractivity contribution is -0.116.